The van der Waals surface area contributed by atoms with Gasteiger partial charge in [0.05, 0.1) is 18.3 Å². The first-order chi connectivity index (χ1) is 13.9. The fraction of sp³-hybridized carbons (Fsp3) is 0.300. The predicted molar refractivity (Wildman–Crippen MR) is 108 cm³/mol. The molecule has 29 heavy (non-hydrogen) atoms. The Balaban J connectivity index is 1.67. The molecule has 0 aliphatic carbocycles. The normalized spacial score (nSPS) is 25.6. The molecule has 1 fully saturated rings. The third-order valence-electron chi connectivity index (χ3n) is 5.28. The summed E-state index contributed by atoms with van der Waals surface area (Å²) < 4.78 is 20.7. The lowest BCUT2D eigenvalue weighted by atomic mass is 9.79. The van der Waals surface area contributed by atoms with Crippen molar-refractivity contribution in [2.75, 3.05) is 17.7 Å². The molecular weight excluding hydrogens is 393 g/mol. The number of carbonyl (C=O) groups excluding carboxylic acids is 1. The van der Waals surface area contributed by atoms with Crippen LogP contribution in [0.1, 0.15) is 28.5 Å². The van der Waals surface area contributed by atoms with Crippen molar-refractivity contribution in [2.45, 2.75) is 18.6 Å². The zero-order chi connectivity index (χ0) is 20.6. The van der Waals surface area contributed by atoms with Crippen LogP contribution in [0.15, 0.2) is 41.5 Å². The largest absolute Gasteiger partial charge is 0.379 e. The number of ether oxygens (including phenoxy) is 1. The molecule has 2 aliphatic rings. The quantitative estimate of drug-likeness (QED) is 0.803. The Morgan fingerprint density at radius 2 is 2.28 bits per heavy atom. The van der Waals surface area contributed by atoms with E-state index in [4.69, 9.17) is 15.7 Å². The highest BCUT2D eigenvalue weighted by atomic mass is 32.2. The smallest absolute Gasteiger partial charge is 0.274 e. The van der Waals surface area contributed by atoms with Crippen LogP contribution in [-0.2, 0) is 10.3 Å². The number of rotatable bonds is 3. The van der Waals surface area contributed by atoms with Crippen molar-refractivity contribution in [2.24, 2.45) is 16.6 Å². The number of nitrogens with one attached hydrogen (secondary N) is 1. The third kappa shape index (κ3) is 3.45. The van der Waals surface area contributed by atoms with E-state index in [0.29, 0.717) is 27.7 Å². The van der Waals surface area contributed by atoms with E-state index in [1.54, 1.807) is 6.07 Å². The Morgan fingerprint density at radius 3 is 3.00 bits per heavy atom. The Hall–Kier alpha value is -2.96. The molecule has 1 saturated heterocycles. The van der Waals surface area contributed by atoms with Crippen molar-refractivity contribution in [3.05, 3.63) is 59.2 Å². The molecule has 0 radical (unpaired) electrons. The minimum absolute atomic E-state index is 0.0274. The Bertz CT molecular complexity index is 1040. The fourth-order valence-electron chi connectivity index (χ4n) is 3.72. The van der Waals surface area contributed by atoms with Gasteiger partial charge in [-0.25, -0.2) is 14.4 Å². The molecule has 0 saturated carbocycles. The number of nitriles is 1. The first-order valence-electron chi connectivity index (χ1n) is 9.00. The van der Waals surface area contributed by atoms with Crippen LogP contribution in [0, 0.1) is 23.1 Å². The maximum absolute atomic E-state index is 14.9. The lowest BCUT2D eigenvalue weighted by molar-refractivity contribution is 0.102. The van der Waals surface area contributed by atoms with Crippen molar-refractivity contribution >= 4 is 28.5 Å². The van der Waals surface area contributed by atoms with Gasteiger partial charge in [-0.1, -0.05) is 11.8 Å². The molecule has 1 amide bonds. The summed E-state index contributed by atoms with van der Waals surface area (Å²) in [6.45, 7) is 2.18. The number of hydrogen-bond donors (Lipinski definition) is 2. The van der Waals surface area contributed by atoms with Gasteiger partial charge in [-0.2, -0.15) is 5.26 Å². The maximum atomic E-state index is 14.9. The minimum Gasteiger partial charge on any atom is -0.379 e. The fourth-order valence-corrected chi connectivity index (χ4v) is 4.85. The predicted octanol–water partition coefficient (Wildman–Crippen LogP) is 2.64. The first-order valence-corrected chi connectivity index (χ1v) is 9.99. The topological polar surface area (TPSA) is 113 Å². The number of halogens is 1. The van der Waals surface area contributed by atoms with E-state index in [2.05, 4.69) is 15.3 Å². The minimum atomic E-state index is -0.910. The molecule has 3 unspecified atom stereocenters. The van der Waals surface area contributed by atoms with Crippen molar-refractivity contribution in [3.8, 4) is 6.07 Å². The molecule has 0 spiro atoms. The van der Waals surface area contributed by atoms with Crippen molar-refractivity contribution in [1.29, 1.82) is 5.26 Å². The number of hydrogen-bond acceptors (Lipinski definition) is 7. The van der Waals surface area contributed by atoms with E-state index < -0.39 is 17.3 Å². The summed E-state index contributed by atoms with van der Waals surface area (Å²) in [5.41, 5.74) is 6.32. The number of anilines is 1. The summed E-state index contributed by atoms with van der Waals surface area (Å²) in [4.78, 5) is 21.1. The van der Waals surface area contributed by atoms with E-state index in [1.165, 1.54) is 42.2 Å². The van der Waals surface area contributed by atoms with E-state index in [9.17, 15) is 9.18 Å². The summed E-state index contributed by atoms with van der Waals surface area (Å²) in [7, 11) is 0. The monoisotopic (exact) mass is 411 g/mol. The summed E-state index contributed by atoms with van der Waals surface area (Å²) in [6.07, 6.45) is 1.24. The average Bonchev–Trinajstić information content (AvgIpc) is 3.06. The number of thioether (sulfide) groups is 1. The average molecular weight is 411 g/mol. The SMILES string of the molecule is CC1OCC2(c3cc(NC(=O)c4ccc(C#N)cn4)ccc3F)N=C(N)SCC12. The molecule has 1 aromatic carbocycles. The third-order valence-corrected chi connectivity index (χ3v) is 6.20. The number of benzene rings is 1. The number of pyridine rings is 1. The molecule has 3 N–H and O–H groups in total. The Kier molecular flexibility index (Phi) is 4.98. The summed E-state index contributed by atoms with van der Waals surface area (Å²) in [5.74, 6) is -0.229. The van der Waals surface area contributed by atoms with Crippen molar-refractivity contribution in [3.63, 3.8) is 0 Å². The number of carbonyl (C=O) groups is 1. The van der Waals surface area contributed by atoms with Crippen LogP contribution in [0.5, 0.6) is 0 Å². The Morgan fingerprint density at radius 1 is 1.45 bits per heavy atom. The van der Waals surface area contributed by atoms with Gasteiger partial charge in [-0.05, 0) is 37.3 Å². The molecule has 148 valence electrons. The second-order valence-corrected chi connectivity index (χ2v) is 8.04. The second-order valence-electron chi connectivity index (χ2n) is 7.00. The van der Waals surface area contributed by atoms with Crippen molar-refractivity contribution < 1.29 is 13.9 Å². The maximum Gasteiger partial charge on any atom is 0.274 e. The highest BCUT2D eigenvalue weighted by Gasteiger charge is 2.52. The van der Waals surface area contributed by atoms with Crippen LogP contribution in [-0.4, -0.2) is 34.5 Å². The molecule has 3 atom stereocenters. The highest BCUT2D eigenvalue weighted by molar-refractivity contribution is 8.13. The zero-order valence-corrected chi connectivity index (χ0v) is 16.4. The molecule has 4 rings (SSSR count). The molecule has 2 aromatic rings. The van der Waals surface area contributed by atoms with Crippen LogP contribution < -0.4 is 11.1 Å². The standard InChI is InChI=1S/C20H18FN5O2S/c1-11-15-9-29-19(23)26-20(15,10-28-11)14-6-13(3-4-16(14)21)25-18(27)17-5-2-12(7-22)8-24-17/h2-6,8,11,15H,9-10H2,1H3,(H2,23,26)(H,25,27). The lowest BCUT2D eigenvalue weighted by Gasteiger charge is -2.35. The first kappa shape index (κ1) is 19.4. The number of fused-ring (bicyclic) bond motifs is 1. The van der Waals surface area contributed by atoms with Gasteiger partial charge >= 0.3 is 0 Å². The van der Waals surface area contributed by atoms with Gasteiger partial charge in [0, 0.05) is 29.1 Å². The summed E-state index contributed by atoms with van der Waals surface area (Å²) >= 11 is 1.44. The molecule has 1 aromatic heterocycles. The molecule has 0 bridgehead atoms. The molecule has 2 aliphatic heterocycles. The van der Waals surface area contributed by atoms with Gasteiger partial charge in [0.15, 0.2) is 5.17 Å². The van der Waals surface area contributed by atoms with Gasteiger partial charge in [0.2, 0.25) is 0 Å². The molecule has 9 heteroatoms. The Labute approximate surface area is 171 Å². The highest BCUT2D eigenvalue weighted by Crippen LogP contribution is 2.48. The van der Waals surface area contributed by atoms with E-state index >= 15 is 0 Å². The van der Waals surface area contributed by atoms with Gasteiger partial charge in [-0.3, -0.25) is 4.79 Å². The molecule has 7 nitrogen and oxygen atoms in total. The molecule has 3 heterocycles. The van der Waals surface area contributed by atoms with E-state index in [0.717, 1.165) is 0 Å². The van der Waals surface area contributed by atoms with Crippen LogP contribution >= 0.6 is 11.8 Å². The number of aromatic nitrogens is 1. The second kappa shape index (κ2) is 7.46. The van der Waals surface area contributed by atoms with Gasteiger partial charge in [-0.15, -0.1) is 0 Å². The molecular formula is C20H18FN5O2S. The number of nitrogens with zero attached hydrogens (tertiary/aromatic N) is 3. The van der Waals surface area contributed by atoms with Crippen LogP contribution in [0.25, 0.3) is 0 Å². The number of nitrogens with two attached hydrogens (primary N) is 1. The zero-order valence-electron chi connectivity index (χ0n) is 15.6. The van der Waals surface area contributed by atoms with E-state index in [1.807, 2.05) is 13.0 Å². The summed E-state index contributed by atoms with van der Waals surface area (Å²) in [5, 5.41) is 12.0. The number of amides is 1. The number of amidine groups is 1. The van der Waals surface area contributed by atoms with Gasteiger partial charge in [0.1, 0.15) is 23.1 Å². The van der Waals surface area contributed by atoms with Crippen LogP contribution in [0.2, 0.25) is 0 Å². The number of aliphatic imine (C=N–C) groups is 1. The lowest BCUT2D eigenvalue weighted by Crippen LogP contribution is -2.41. The van der Waals surface area contributed by atoms with Gasteiger partial charge in [0.25, 0.3) is 5.91 Å². The van der Waals surface area contributed by atoms with Crippen LogP contribution in [0.4, 0.5) is 10.1 Å². The van der Waals surface area contributed by atoms with E-state index in [-0.39, 0.29) is 24.3 Å². The van der Waals surface area contributed by atoms with Crippen LogP contribution in [0.3, 0.4) is 0 Å². The van der Waals surface area contributed by atoms with Gasteiger partial charge < -0.3 is 15.8 Å². The summed E-state index contributed by atoms with van der Waals surface area (Å²) in [6, 6.07) is 9.29. The van der Waals surface area contributed by atoms with Crippen molar-refractivity contribution in [1.82, 2.24) is 4.98 Å².